The molecule has 0 amide bonds. The lowest BCUT2D eigenvalue weighted by Gasteiger charge is -2.09. The molecule has 6 nitrogen and oxygen atoms in total. The van der Waals surface area contributed by atoms with E-state index in [9.17, 15) is 4.79 Å². The van der Waals surface area contributed by atoms with Crippen molar-refractivity contribution in [3.05, 3.63) is 29.6 Å². The maximum absolute atomic E-state index is 12.0. The van der Waals surface area contributed by atoms with Crippen LogP contribution in [-0.4, -0.2) is 27.3 Å². The number of nitrogens with two attached hydrogens (primary N) is 1. The van der Waals surface area contributed by atoms with Crippen molar-refractivity contribution in [1.82, 2.24) is 14.8 Å². The average molecular weight is 292 g/mol. The monoisotopic (exact) mass is 292 g/mol. The van der Waals surface area contributed by atoms with Gasteiger partial charge in [0, 0.05) is 17.6 Å². The van der Waals surface area contributed by atoms with Crippen LogP contribution in [0.5, 0.6) is 0 Å². The third kappa shape index (κ3) is 2.93. The molecular formula is C13H16N4O2S. The van der Waals surface area contributed by atoms with Gasteiger partial charge in [0.2, 0.25) is 0 Å². The first kappa shape index (κ1) is 14.4. The number of anilines is 1. The average Bonchev–Trinajstić information content (AvgIpc) is 2.73. The van der Waals surface area contributed by atoms with Crippen LogP contribution < -0.4 is 5.73 Å². The maximum Gasteiger partial charge on any atom is 0.339 e. The van der Waals surface area contributed by atoms with E-state index in [1.807, 2.05) is 18.5 Å². The molecule has 2 aromatic rings. The molecule has 1 aromatic carbocycles. The molecule has 1 heterocycles. The van der Waals surface area contributed by atoms with Crippen molar-refractivity contribution in [2.75, 3.05) is 12.3 Å². The van der Waals surface area contributed by atoms with Crippen LogP contribution in [0.2, 0.25) is 0 Å². The van der Waals surface area contributed by atoms with E-state index in [0.29, 0.717) is 23.0 Å². The molecule has 1 aromatic heterocycles. The molecule has 0 unspecified atom stereocenters. The first-order valence-electron chi connectivity index (χ1n) is 6.13. The number of rotatable bonds is 4. The quantitative estimate of drug-likeness (QED) is 0.686. The van der Waals surface area contributed by atoms with E-state index in [-0.39, 0.29) is 5.97 Å². The van der Waals surface area contributed by atoms with Gasteiger partial charge in [-0.15, -0.1) is 10.2 Å². The van der Waals surface area contributed by atoms with E-state index < -0.39 is 0 Å². The summed E-state index contributed by atoms with van der Waals surface area (Å²) in [7, 11) is 1.87. The van der Waals surface area contributed by atoms with Crippen LogP contribution >= 0.6 is 11.8 Å². The topological polar surface area (TPSA) is 83.0 Å². The Balaban J connectivity index is 2.36. The van der Waals surface area contributed by atoms with Crippen LogP contribution in [0.15, 0.2) is 28.3 Å². The van der Waals surface area contributed by atoms with E-state index in [4.69, 9.17) is 10.5 Å². The Morgan fingerprint density at radius 3 is 2.80 bits per heavy atom. The summed E-state index contributed by atoms with van der Waals surface area (Å²) in [6.45, 7) is 3.95. The van der Waals surface area contributed by atoms with Gasteiger partial charge in [-0.2, -0.15) is 0 Å². The highest BCUT2D eigenvalue weighted by Crippen LogP contribution is 2.30. The predicted molar refractivity (Wildman–Crippen MR) is 76.7 cm³/mol. The van der Waals surface area contributed by atoms with Crippen LogP contribution in [0, 0.1) is 6.92 Å². The van der Waals surface area contributed by atoms with Gasteiger partial charge >= 0.3 is 5.97 Å². The molecule has 0 bridgehead atoms. The first-order chi connectivity index (χ1) is 9.52. The molecule has 0 atom stereocenters. The Hall–Kier alpha value is -2.02. The van der Waals surface area contributed by atoms with Gasteiger partial charge in [-0.1, -0.05) is 0 Å². The number of esters is 1. The fourth-order valence-corrected chi connectivity index (χ4v) is 2.52. The summed E-state index contributed by atoms with van der Waals surface area (Å²) in [5, 5.41) is 8.77. The third-order valence-corrected chi connectivity index (χ3v) is 3.87. The summed E-state index contributed by atoms with van der Waals surface area (Å²) in [6, 6.07) is 5.15. The van der Waals surface area contributed by atoms with E-state index in [2.05, 4.69) is 10.2 Å². The molecule has 0 saturated heterocycles. The van der Waals surface area contributed by atoms with Gasteiger partial charge in [0.05, 0.1) is 12.2 Å². The Kier molecular flexibility index (Phi) is 4.29. The molecule has 7 heteroatoms. The van der Waals surface area contributed by atoms with Crippen molar-refractivity contribution in [3.63, 3.8) is 0 Å². The van der Waals surface area contributed by atoms with Crippen molar-refractivity contribution in [1.29, 1.82) is 0 Å². The van der Waals surface area contributed by atoms with Gasteiger partial charge in [0.1, 0.15) is 5.82 Å². The standard InChI is InChI=1S/C13H16N4O2S/c1-4-19-12(18)10-7-9(14)5-6-11(10)20-13-16-15-8(2)17(13)3/h5-7H,4,14H2,1-3H3. The van der Waals surface area contributed by atoms with Crippen LogP contribution in [0.3, 0.4) is 0 Å². The molecule has 2 N–H and O–H groups in total. The Morgan fingerprint density at radius 2 is 2.20 bits per heavy atom. The number of benzene rings is 1. The van der Waals surface area contributed by atoms with Gasteiger partial charge in [-0.25, -0.2) is 4.79 Å². The van der Waals surface area contributed by atoms with Crippen LogP contribution in [0.25, 0.3) is 0 Å². The molecule has 0 saturated carbocycles. The van der Waals surface area contributed by atoms with Crippen molar-refractivity contribution in [3.8, 4) is 0 Å². The highest BCUT2D eigenvalue weighted by molar-refractivity contribution is 7.99. The lowest BCUT2D eigenvalue weighted by atomic mass is 10.2. The van der Waals surface area contributed by atoms with Crippen molar-refractivity contribution < 1.29 is 9.53 Å². The van der Waals surface area contributed by atoms with Crippen molar-refractivity contribution in [2.45, 2.75) is 23.9 Å². The van der Waals surface area contributed by atoms with Gasteiger partial charge in [0.15, 0.2) is 5.16 Å². The second kappa shape index (κ2) is 5.96. The largest absolute Gasteiger partial charge is 0.462 e. The zero-order valence-corrected chi connectivity index (χ0v) is 12.4. The van der Waals surface area contributed by atoms with Crippen LogP contribution in [0.1, 0.15) is 23.1 Å². The third-order valence-electron chi connectivity index (χ3n) is 2.75. The number of nitrogens with zero attached hydrogens (tertiary/aromatic N) is 3. The second-order valence-corrected chi connectivity index (χ2v) is 5.18. The van der Waals surface area contributed by atoms with Crippen LogP contribution in [0.4, 0.5) is 5.69 Å². The SMILES string of the molecule is CCOC(=O)c1cc(N)ccc1Sc1nnc(C)n1C. The highest BCUT2D eigenvalue weighted by Gasteiger charge is 2.16. The minimum atomic E-state index is -0.388. The molecule has 2 rings (SSSR count). The van der Waals surface area contributed by atoms with E-state index in [1.54, 1.807) is 25.1 Å². The highest BCUT2D eigenvalue weighted by atomic mass is 32.2. The summed E-state index contributed by atoms with van der Waals surface area (Å²) in [5.41, 5.74) is 6.70. The molecule has 0 aliphatic rings. The molecular weight excluding hydrogens is 276 g/mol. The summed E-state index contributed by atoms with van der Waals surface area (Å²) in [5.74, 6) is 0.418. The molecule has 0 aliphatic carbocycles. The number of ether oxygens (including phenoxy) is 1. The number of aryl methyl sites for hydroxylation is 1. The minimum Gasteiger partial charge on any atom is -0.462 e. The first-order valence-corrected chi connectivity index (χ1v) is 6.95. The fraction of sp³-hybridized carbons (Fsp3) is 0.308. The van der Waals surface area contributed by atoms with Crippen LogP contribution in [-0.2, 0) is 11.8 Å². The summed E-state index contributed by atoms with van der Waals surface area (Å²) in [6.07, 6.45) is 0. The number of hydrogen-bond donors (Lipinski definition) is 1. The molecule has 0 aliphatic heterocycles. The van der Waals surface area contributed by atoms with Crippen molar-refractivity contribution in [2.24, 2.45) is 7.05 Å². The summed E-state index contributed by atoms with van der Waals surface area (Å²) >= 11 is 1.36. The Bertz CT molecular complexity index is 639. The minimum absolute atomic E-state index is 0.320. The van der Waals surface area contributed by atoms with Crippen molar-refractivity contribution >= 4 is 23.4 Å². The number of hydrogen-bond acceptors (Lipinski definition) is 6. The number of nitrogen functional groups attached to an aromatic ring is 1. The Morgan fingerprint density at radius 1 is 1.45 bits per heavy atom. The molecule has 0 spiro atoms. The van der Waals surface area contributed by atoms with E-state index in [1.165, 1.54) is 11.8 Å². The maximum atomic E-state index is 12.0. The lowest BCUT2D eigenvalue weighted by Crippen LogP contribution is -2.07. The number of carbonyl (C=O) groups is 1. The Labute approximate surface area is 121 Å². The van der Waals surface area contributed by atoms with Gasteiger partial charge < -0.3 is 15.0 Å². The molecule has 20 heavy (non-hydrogen) atoms. The zero-order valence-electron chi connectivity index (χ0n) is 11.6. The van der Waals surface area contributed by atoms with Gasteiger partial charge in [-0.05, 0) is 43.8 Å². The molecule has 106 valence electrons. The fourth-order valence-electron chi connectivity index (χ4n) is 1.58. The molecule has 0 fully saturated rings. The van der Waals surface area contributed by atoms with E-state index >= 15 is 0 Å². The lowest BCUT2D eigenvalue weighted by molar-refractivity contribution is 0.0522. The van der Waals surface area contributed by atoms with Gasteiger partial charge in [0.25, 0.3) is 0 Å². The van der Waals surface area contributed by atoms with E-state index in [0.717, 1.165) is 10.7 Å². The summed E-state index contributed by atoms with van der Waals surface area (Å²) in [4.78, 5) is 12.7. The normalized spacial score (nSPS) is 10.6. The smallest absolute Gasteiger partial charge is 0.339 e. The summed E-state index contributed by atoms with van der Waals surface area (Å²) < 4.78 is 6.90. The number of carbonyl (C=O) groups excluding carboxylic acids is 1. The number of aromatic nitrogens is 3. The second-order valence-electron chi connectivity index (χ2n) is 4.17. The van der Waals surface area contributed by atoms with Gasteiger partial charge in [-0.3, -0.25) is 0 Å². The molecule has 0 radical (unpaired) electrons. The predicted octanol–water partition coefficient (Wildman–Crippen LogP) is 2.03. The zero-order chi connectivity index (χ0) is 14.7.